The zero-order valence-electron chi connectivity index (χ0n) is 11.5. The number of amides is 2. The van der Waals surface area contributed by atoms with E-state index in [4.69, 9.17) is 4.74 Å². The van der Waals surface area contributed by atoms with Gasteiger partial charge in [-0.1, -0.05) is 12.1 Å². The largest absolute Gasteiger partial charge is 0.495 e. The monoisotopic (exact) mass is 298 g/mol. The van der Waals surface area contributed by atoms with E-state index in [-0.39, 0.29) is 12.6 Å². The molecule has 20 heavy (non-hydrogen) atoms. The number of nitrogens with one attached hydrogen (secondary N) is 1. The molecule has 2 rings (SSSR count). The number of para-hydroxylation sites is 2. The maximum absolute atomic E-state index is 12.1. The number of urea groups is 1. The molecule has 1 heterocycles. The molecule has 0 aromatic heterocycles. The topological polar surface area (TPSA) is 75.7 Å². The zero-order valence-corrected chi connectivity index (χ0v) is 12.3. The summed E-state index contributed by atoms with van der Waals surface area (Å²) in [6.45, 7) is 0.679. The number of carbonyl (C=O) groups excluding carboxylic acids is 1. The van der Waals surface area contributed by atoms with E-state index in [1.165, 1.54) is 18.3 Å². The molecule has 0 bridgehead atoms. The lowest BCUT2D eigenvalue weighted by molar-refractivity contribution is 0.222. The van der Waals surface area contributed by atoms with Gasteiger partial charge in [0.05, 0.1) is 18.0 Å². The molecule has 110 valence electrons. The van der Waals surface area contributed by atoms with Gasteiger partial charge in [0.15, 0.2) is 9.84 Å². The fourth-order valence-corrected chi connectivity index (χ4v) is 3.19. The number of sulfone groups is 1. The highest BCUT2D eigenvalue weighted by Gasteiger charge is 2.32. The Morgan fingerprint density at radius 2 is 2.10 bits per heavy atom. The van der Waals surface area contributed by atoms with Crippen LogP contribution in [0.15, 0.2) is 24.3 Å². The Morgan fingerprint density at radius 3 is 2.70 bits per heavy atom. The number of methoxy groups -OCH3 is 1. The smallest absolute Gasteiger partial charge is 0.321 e. The van der Waals surface area contributed by atoms with Crippen molar-refractivity contribution in [1.82, 2.24) is 4.90 Å². The number of nitrogens with zero attached hydrogens (tertiary/aromatic N) is 1. The molecule has 7 heteroatoms. The van der Waals surface area contributed by atoms with Crippen molar-refractivity contribution in [1.29, 1.82) is 0 Å². The van der Waals surface area contributed by atoms with Gasteiger partial charge in [-0.05, 0) is 18.6 Å². The Kier molecular flexibility index (Phi) is 4.17. The summed E-state index contributed by atoms with van der Waals surface area (Å²) in [4.78, 5) is 13.6. The first-order valence-electron chi connectivity index (χ1n) is 6.29. The third kappa shape index (κ3) is 3.22. The van der Waals surface area contributed by atoms with Gasteiger partial charge in [-0.25, -0.2) is 13.2 Å². The molecule has 0 saturated carbocycles. The predicted octanol–water partition coefficient (Wildman–Crippen LogP) is 1.35. The second-order valence-electron chi connectivity index (χ2n) is 4.82. The SMILES string of the molecule is COc1ccccc1NC(=O)N1CC[C@H](S(C)(=O)=O)C1. The fourth-order valence-electron chi connectivity index (χ4n) is 2.20. The van der Waals surface area contributed by atoms with Crippen LogP contribution in [0.25, 0.3) is 0 Å². The fraction of sp³-hybridized carbons (Fsp3) is 0.462. The highest BCUT2D eigenvalue weighted by molar-refractivity contribution is 7.91. The molecular formula is C13H18N2O4S. The average molecular weight is 298 g/mol. The highest BCUT2D eigenvalue weighted by Crippen LogP contribution is 2.24. The molecule has 1 fully saturated rings. The molecule has 1 aliphatic rings. The van der Waals surface area contributed by atoms with Crippen molar-refractivity contribution >= 4 is 21.6 Å². The van der Waals surface area contributed by atoms with Crippen LogP contribution in [0.5, 0.6) is 5.75 Å². The lowest BCUT2D eigenvalue weighted by Gasteiger charge is -2.18. The van der Waals surface area contributed by atoms with Crippen molar-refractivity contribution in [3.8, 4) is 5.75 Å². The van der Waals surface area contributed by atoms with Crippen LogP contribution >= 0.6 is 0 Å². The molecule has 0 aliphatic carbocycles. The van der Waals surface area contributed by atoms with E-state index in [0.717, 1.165) is 0 Å². The third-order valence-electron chi connectivity index (χ3n) is 3.39. The van der Waals surface area contributed by atoms with Crippen LogP contribution < -0.4 is 10.1 Å². The van der Waals surface area contributed by atoms with E-state index in [1.807, 2.05) is 6.07 Å². The molecule has 1 atom stereocenters. The van der Waals surface area contributed by atoms with Crippen molar-refractivity contribution in [2.45, 2.75) is 11.7 Å². The minimum atomic E-state index is -3.10. The molecule has 0 unspecified atom stereocenters. The number of anilines is 1. The van der Waals surface area contributed by atoms with Crippen molar-refractivity contribution in [2.24, 2.45) is 0 Å². The number of benzene rings is 1. The Labute approximate surface area is 118 Å². The van der Waals surface area contributed by atoms with Gasteiger partial charge in [0.2, 0.25) is 0 Å². The first-order valence-corrected chi connectivity index (χ1v) is 8.25. The molecule has 0 radical (unpaired) electrons. The van der Waals surface area contributed by atoms with Gasteiger partial charge in [-0.3, -0.25) is 0 Å². The minimum absolute atomic E-state index is 0.236. The van der Waals surface area contributed by atoms with Gasteiger partial charge in [0.1, 0.15) is 5.75 Å². The predicted molar refractivity (Wildman–Crippen MR) is 76.8 cm³/mol. The van der Waals surface area contributed by atoms with E-state index in [9.17, 15) is 13.2 Å². The Hall–Kier alpha value is -1.76. The van der Waals surface area contributed by atoms with Gasteiger partial charge in [-0.15, -0.1) is 0 Å². The van der Waals surface area contributed by atoms with Crippen molar-refractivity contribution in [3.63, 3.8) is 0 Å². The quantitative estimate of drug-likeness (QED) is 0.914. The lowest BCUT2D eigenvalue weighted by atomic mass is 10.3. The second kappa shape index (κ2) is 5.70. The maximum atomic E-state index is 12.1. The summed E-state index contributed by atoms with van der Waals surface area (Å²) in [6, 6.07) is 6.78. The number of hydrogen-bond acceptors (Lipinski definition) is 4. The Morgan fingerprint density at radius 1 is 1.40 bits per heavy atom. The van der Waals surface area contributed by atoms with E-state index < -0.39 is 15.1 Å². The van der Waals surface area contributed by atoms with Crippen LogP contribution in [0.3, 0.4) is 0 Å². The zero-order chi connectivity index (χ0) is 14.8. The first-order chi connectivity index (χ1) is 9.41. The molecule has 1 saturated heterocycles. The summed E-state index contributed by atoms with van der Waals surface area (Å²) >= 11 is 0. The number of likely N-dealkylation sites (tertiary alicyclic amines) is 1. The summed E-state index contributed by atoms with van der Waals surface area (Å²) in [5, 5.41) is 2.28. The van der Waals surface area contributed by atoms with Gasteiger partial charge >= 0.3 is 6.03 Å². The summed E-state index contributed by atoms with van der Waals surface area (Å²) in [6.07, 6.45) is 1.69. The van der Waals surface area contributed by atoms with E-state index >= 15 is 0 Å². The van der Waals surface area contributed by atoms with Crippen LogP contribution in [0.2, 0.25) is 0 Å². The van der Waals surface area contributed by atoms with Crippen LogP contribution in [0.4, 0.5) is 10.5 Å². The highest BCUT2D eigenvalue weighted by atomic mass is 32.2. The minimum Gasteiger partial charge on any atom is -0.495 e. The van der Waals surface area contributed by atoms with E-state index in [0.29, 0.717) is 24.4 Å². The standard InChI is InChI=1S/C13H18N2O4S/c1-19-12-6-4-3-5-11(12)14-13(16)15-8-7-10(9-15)20(2,17)18/h3-6,10H,7-9H2,1-2H3,(H,14,16)/t10-/m0/s1. The molecule has 2 amide bonds. The Balaban J connectivity index is 2.03. The van der Waals surface area contributed by atoms with E-state index in [1.54, 1.807) is 18.2 Å². The second-order valence-corrected chi connectivity index (χ2v) is 7.14. The first kappa shape index (κ1) is 14.6. The number of hydrogen-bond donors (Lipinski definition) is 1. The Bertz CT molecular complexity index is 600. The molecule has 0 spiro atoms. The lowest BCUT2D eigenvalue weighted by Crippen LogP contribution is -2.35. The van der Waals surface area contributed by atoms with Crippen molar-refractivity contribution < 1.29 is 17.9 Å². The van der Waals surface area contributed by atoms with Crippen LogP contribution in [-0.2, 0) is 9.84 Å². The van der Waals surface area contributed by atoms with Crippen molar-refractivity contribution in [3.05, 3.63) is 24.3 Å². The van der Waals surface area contributed by atoms with Gasteiger partial charge in [0.25, 0.3) is 0 Å². The third-order valence-corrected chi connectivity index (χ3v) is 4.98. The van der Waals surface area contributed by atoms with E-state index in [2.05, 4.69) is 5.32 Å². The van der Waals surface area contributed by atoms with Crippen LogP contribution in [0, 0.1) is 0 Å². The number of ether oxygens (including phenoxy) is 1. The molecule has 1 N–H and O–H groups in total. The van der Waals surface area contributed by atoms with Crippen LogP contribution in [-0.4, -0.2) is 51.1 Å². The number of carbonyl (C=O) groups is 1. The summed E-state index contributed by atoms with van der Waals surface area (Å²) in [5.74, 6) is 0.569. The average Bonchev–Trinajstić information content (AvgIpc) is 2.89. The summed E-state index contributed by atoms with van der Waals surface area (Å²) < 4.78 is 28.1. The molecule has 6 nitrogen and oxygen atoms in total. The molecular weight excluding hydrogens is 280 g/mol. The maximum Gasteiger partial charge on any atom is 0.321 e. The summed E-state index contributed by atoms with van der Waals surface area (Å²) in [5.41, 5.74) is 0.572. The molecule has 1 aliphatic heterocycles. The van der Waals surface area contributed by atoms with Gasteiger partial charge in [0, 0.05) is 19.3 Å². The van der Waals surface area contributed by atoms with Gasteiger partial charge < -0.3 is 15.0 Å². The molecule has 1 aromatic carbocycles. The molecule has 1 aromatic rings. The summed E-state index contributed by atoms with van der Waals surface area (Å²) in [7, 11) is -1.57. The normalized spacial score (nSPS) is 18.9. The number of rotatable bonds is 3. The van der Waals surface area contributed by atoms with Crippen LogP contribution in [0.1, 0.15) is 6.42 Å². The van der Waals surface area contributed by atoms with Gasteiger partial charge in [-0.2, -0.15) is 0 Å². The van der Waals surface area contributed by atoms with Crippen molar-refractivity contribution in [2.75, 3.05) is 31.8 Å².